The Balaban J connectivity index is 1.60. The number of aromatic nitrogens is 2. The number of nitrogens with zero attached hydrogens (tertiary/aromatic N) is 2. The van der Waals surface area contributed by atoms with Crippen LogP contribution in [0, 0.1) is 0 Å². The first-order chi connectivity index (χ1) is 16.4. The van der Waals surface area contributed by atoms with Gasteiger partial charge in [-0.3, -0.25) is 4.79 Å². The summed E-state index contributed by atoms with van der Waals surface area (Å²) in [5.74, 6) is 0.232. The van der Waals surface area contributed by atoms with Gasteiger partial charge in [0, 0.05) is 16.6 Å². The number of carboxylic acids is 1. The molecule has 4 rings (SSSR count). The van der Waals surface area contributed by atoms with Crippen LogP contribution in [-0.2, 0) is 4.79 Å². The molecule has 6 nitrogen and oxygen atoms in total. The van der Waals surface area contributed by atoms with E-state index in [0.717, 1.165) is 43.5 Å². The second-order valence-corrected chi connectivity index (χ2v) is 16.0. The maximum absolute atomic E-state index is 11.3. The molecule has 0 radical (unpaired) electrons. The van der Waals surface area contributed by atoms with Crippen molar-refractivity contribution in [1.29, 1.82) is 0 Å². The van der Waals surface area contributed by atoms with Gasteiger partial charge in [-0.25, -0.2) is 9.97 Å². The highest BCUT2D eigenvalue weighted by molar-refractivity contribution is 7.22. The Hall–Kier alpha value is -3.23. The van der Waals surface area contributed by atoms with Crippen LogP contribution in [0.25, 0.3) is 20.7 Å². The molecule has 35 heavy (non-hydrogen) atoms. The van der Waals surface area contributed by atoms with Crippen LogP contribution in [0.15, 0.2) is 60.9 Å². The molecule has 1 unspecified atom stereocenters. The summed E-state index contributed by atoms with van der Waals surface area (Å²) in [5.41, 5.74) is 3.57. The van der Waals surface area contributed by atoms with Gasteiger partial charge >= 0.3 is 5.97 Å². The minimum Gasteiger partial charge on any atom is -0.543 e. The number of anilines is 2. The highest BCUT2D eigenvalue weighted by Gasteiger charge is 2.39. The molecule has 0 saturated carbocycles. The lowest BCUT2D eigenvalue weighted by molar-refractivity contribution is -0.138. The van der Waals surface area contributed by atoms with E-state index < -0.39 is 20.2 Å². The maximum atomic E-state index is 11.3. The van der Waals surface area contributed by atoms with Gasteiger partial charge in [0.1, 0.15) is 12.1 Å². The highest BCUT2D eigenvalue weighted by Crippen LogP contribution is 2.39. The number of hydrogen-bond donors (Lipinski definition) is 2. The van der Waals surface area contributed by atoms with E-state index in [1.165, 1.54) is 0 Å². The second kappa shape index (κ2) is 9.43. The standard InChI is InChI=1S/C27H31N3O3SSi/c1-17(26(31)32)18-10-12-19(13-11-18)23-15-22-24(34-23)25(29-16-28-22)30-20-8-7-9-21(14-20)33-35(5,6)27(2,3)4/h7-17H,1-6H3,(H,31,32)(H,28,29,30). The number of carbonyl (C=O) groups is 1. The molecule has 0 fully saturated rings. The van der Waals surface area contributed by atoms with Gasteiger partial charge in [0.05, 0.1) is 16.1 Å². The number of hydrogen-bond acceptors (Lipinski definition) is 6. The second-order valence-electron chi connectivity index (χ2n) is 10.2. The molecule has 1 atom stereocenters. The molecule has 0 aliphatic carbocycles. The monoisotopic (exact) mass is 505 g/mol. The van der Waals surface area contributed by atoms with Gasteiger partial charge in [0.15, 0.2) is 5.82 Å². The van der Waals surface area contributed by atoms with Crippen molar-refractivity contribution in [2.75, 3.05) is 5.32 Å². The van der Waals surface area contributed by atoms with Gasteiger partial charge < -0.3 is 14.8 Å². The van der Waals surface area contributed by atoms with Gasteiger partial charge in [-0.1, -0.05) is 51.1 Å². The average Bonchev–Trinajstić information content (AvgIpc) is 3.23. The zero-order chi connectivity index (χ0) is 25.4. The van der Waals surface area contributed by atoms with Gasteiger partial charge in [0.25, 0.3) is 0 Å². The van der Waals surface area contributed by atoms with E-state index >= 15 is 0 Å². The van der Waals surface area contributed by atoms with Crippen molar-refractivity contribution < 1.29 is 14.3 Å². The lowest BCUT2D eigenvalue weighted by Gasteiger charge is -2.36. The fourth-order valence-corrected chi connectivity index (χ4v) is 5.47. The third kappa shape index (κ3) is 5.38. The molecule has 0 aliphatic heterocycles. The van der Waals surface area contributed by atoms with Crippen molar-refractivity contribution in [2.24, 2.45) is 0 Å². The van der Waals surface area contributed by atoms with Gasteiger partial charge in [0.2, 0.25) is 8.32 Å². The molecule has 182 valence electrons. The van der Waals surface area contributed by atoms with E-state index in [1.54, 1.807) is 24.6 Å². The number of fused-ring (bicyclic) bond motifs is 1. The van der Waals surface area contributed by atoms with E-state index in [4.69, 9.17) is 4.43 Å². The summed E-state index contributed by atoms with van der Waals surface area (Å²) in [6.07, 6.45) is 1.56. The third-order valence-electron chi connectivity index (χ3n) is 6.65. The highest BCUT2D eigenvalue weighted by atomic mass is 32.1. The molecule has 8 heteroatoms. The van der Waals surface area contributed by atoms with E-state index in [0.29, 0.717) is 0 Å². The van der Waals surface area contributed by atoms with Crippen molar-refractivity contribution in [3.63, 3.8) is 0 Å². The average molecular weight is 506 g/mol. The predicted molar refractivity (Wildman–Crippen MR) is 146 cm³/mol. The summed E-state index contributed by atoms with van der Waals surface area (Å²) in [5, 5.41) is 12.8. The molecule has 0 amide bonds. The Bertz CT molecular complexity index is 1360. The predicted octanol–water partition coefficient (Wildman–Crippen LogP) is 7.67. The fraction of sp³-hybridized carbons (Fsp3) is 0.296. The van der Waals surface area contributed by atoms with Crippen molar-refractivity contribution >= 4 is 47.3 Å². The fourth-order valence-electron chi connectivity index (χ4n) is 3.39. The zero-order valence-corrected chi connectivity index (χ0v) is 22.7. The van der Waals surface area contributed by atoms with Crippen molar-refractivity contribution in [3.8, 4) is 16.2 Å². The lowest BCUT2D eigenvalue weighted by atomic mass is 10.00. The molecule has 0 aliphatic rings. The smallest absolute Gasteiger partial charge is 0.310 e. The minimum atomic E-state index is -1.94. The number of nitrogens with one attached hydrogen (secondary N) is 1. The lowest BCUT2D eigenvalue weighted by Crippen LogP contribution is -2.43. The molecule has 4 aromatic rings. The molecule has 2 aromatic heterocycles. The van der Waals surface area contributed by atoms with Crippen LogP contribution in [-0.4, -0.2) is 29.4 Å². The van der Waals surface area contributed by atoms with Crippen LogP contribution in [0.2, 0.25) is 18.1 Å². The summed E-state index contributed by atoms with van der Waals surface area (Å²) in [7, 11) is -1.94. The summed E-state index contributed by atoms with van der Waals surface area (Å²) < 4.78 is 7.43. The normalized spacial score (nSPS) is 13.0. The molecular weight excluding hydrogens is 474 g/mol. The summed E-state index contributed by atoms with van der Waals surface area (Å²) >= 11 is 1.61. The third-order valence-corrected chi connectivity index (χ3v) is 12.2. The first-order valence-corrected chi connectivity index (χ1v) is 15.3. The molecular formula is C27H31N3O3SSi. The Morgan fingerprint density at radius 3 is 2.46 bits per heavy atom. The van der Waals surface area contributed by atoms with Gasteiger partial charge in [-0.2, -0.15) is 0 Å². The van der Waals surface area contributed by atoms with Gasteiger partial charge in [-0.15, -0.1) is 11.3 Å². The van der Waals surface area contributed by atoms with Crippen LogP contribution in [0.4, 0.5) is 11.5 Å². The van der Waals surface area contributed by atoms with Crippen LogP contribution in [0.3, 0.4) is 0 Å². The Labute approximate surface area is 211 Å². The van der Waals surface area contributed by atoms with E-state index in [2.05, 4.69) is 49.1 Å². The van der Waals surface area contributed by atoms with Crippen LogP contribution in [0.1, 0.15) is 39.2 Å². The molecule has 2 aromatic carbocycles. The Morgan fingerprint density at radius 2 is 1.80 bits per heavy atom. The summed E-state index contributed by atoms with van der Waals surface area (Å²) in [6.45, 7) is 12.9. The summed E-state index contributed by atoms with van der Waals surface area (Å²) in [6, 6.07) is 17.7. The van der Waals surface area contributed by atoms with E-state index in [9.17, 15) is 9.90 Å². The number of aliphatic carboxylic acids is 1. The number of carboxylic acid groups (broad SMARTS) is 1. The first-order valence-electron chi connectivity index (χ1n) is 11.6. The number of benzene rings is 2. The SMILES string of the molecule is CC(C(=O)O)c1ccc(-c2cc3ncnc(Nc4cccc(O[Si](C)(C)C(C)(C)C)c4)c3s2)cc1. The minimum absolute atomic E-state index is 0.118. The zero-order valence-electron chi connectivity index (χ0n) is 20.9. The van der Waals surface area contributed by atoms with Crippen molar-refractivity contribution in [3.05, 3.63) is 66.5 Å². The Morgan fingerprint density at radius 1 is 1.09 bits per heavy atom. The van der Waals surface area contributed by atoms with E-state index in [1.807, 2.05) is 54.6 Å². The van der Waals surface area contributed by atoms with Gasteiger partial charge in [-0.05, 0) is 54.4 Å². The maximum Gasteiger partial charge on any atom is 0.310 e. The first kappa shape index (κ1) is 24.9. The molecule has 2 N–H and O–H groups in total. The largest absolute Gasteiger partial charge is 0.543 e. The van der Waals surface area contributed by atoms with Crippen LogP contribution in [0.5, 0.6) is 5.75 Å². The van der Waals surface area contributed by atoms with E-state index in [-0.39, 0.29) is 5.04 Å². The molecule has 0 saturated heterocycles. The van der Waals surface area contributed by atoms with Crippen LogP contribution < -0.4 is 9.74 Å². The molecule has 0 bridgehead atoms. The van der Waals surface area contributed by atoms with Crippen molar-refractivity contribution in [2.45, 2.75) is 51.7 Å². The number of rotatable bonds is 7. The summed E-state index contributed by atoms with van der Waals surface area (Å²) in [4.78, 5) is 21.3. The van der Waals surface area contributed by atoms with Crippen LogP contribution >= 0.6 is 11.3 Å². The Kier molecular flexibility index (Phi) is 6.70. The topological polar surface area (TPSA) is 84.3 Å². The number of thiophene rings is 1. The van der Waals surface area contributed by atoms with Crippen molar-refractivity contribution in [1.82, 2.24) is 9.97 Å². The molecule has 0 spiro atoms. The quantitative estimate of drug-likeness (QED) is 0.251. The molecule has 2 heterocycles.